The number of nitrogens with zero attached hydrogens (tertiary/aromatic N) is 2. The van der Waals surface area contributed by atoms with Crippen molar-refractivity contribution < 1.29 is 14.6 Å². The average molecular weight is 199 g/mol. The Morgan fingerprint density at radius 1 is 1.64 bits per heavy atom. The molecule has 0 aliphatic carbocycles. The van der Waals surface area contributed by atoms with Crippen LogP contribution in [0.2, 0.25) is 0 Å². The van der Waals surface area contributed by atoms with Crippen LogP contribution in [0.1, 0.15) is 30.4 Å². The number of ether oxygens (including phenoxy) is 1. The second-order valence-electron chi connectivity index (χ2n) is 3.10. The Labute approximate surface area is 81.3 Å². The molecule has 0 spiro atoms. The van der Waals surface area contributed by atoms with Crippen LogP contribution in [0.5, 0.6) is 6.01 Å². The summed E-state index contributed by atoms with van der Waals surface area (Å²) < 4.78 is 6.37. The van der Waals surface area contributed by atoms with Crippen molar-refractivity contribution in [3.05, 3.63) is 5.69 Å². The number of carboxylic acid groups (broad SMARTS) is 1. The highest BCUT2D eigenvalue weighted by atomic mass is 16.5. The summed E-state index contributed by atoms with van der Waals surface area (Å²) in [4.78, 5) is 14.7. The van der Waals surface area contributed by atoms with E-state index in [1.165, 1.54) is 11.7 Å². The van der Waals surface area contributed by atoms with Gasteiger partial charge in [0, 0.05) is 6.04 Å². The van der Waals surface area contributed by atoms with Crippen molar-refractivity contribution in [1.29, 1.82) is 0 Å². The molecule has 1 rings (SSSR count). The van der Waals surface area contributed by atoms with E-state index in [1.54, 1.807) is 0 Å². The molecule has 78 valence electrons. The van der Waals surface area contributed by atoms with E-state index in [1.807, 2.05) is 13.8 Å². The van der Waals surface area contributed by atoms with Crippen LogP contribution < -0.4 is 10.5 Å². The maximum absolute atomic E-state index is 10.9. The molecule has 6 heteroatoms. The first kappa shape index (κ1) is 10.4. The van der Waals surface area contributed by atoms with Gasteiger partial charge in [-0.3, -0.25) is 4.57 Å². The van der Waals surface area contributed by atoms with E-state index < -0.39 is 5.97 Å². The van der Waals surface area contributed by atoms with Gasteiger partial charge in [-0.2, -0.15) is 4.98 Å². The molecule has 0 bridgehead atoms. The van der Waals surface area contributed by atoms with E-state index in [4.69, 9.17) is 15.6 Å². The minimum Gasteiger partial charge on any atom is -0.476 e. The fraction of sp³-hybridized carbons (Fsp3) is 0.500. The van der Waals surface area contributed by atoms with Crippen LogP contribution in [0.25, 0.3) is 0 Å². The molecule has 0 aliphatic rings. The number of nitrogens with two attached hydrogens (primary N) is 1. The van der Waals surface area contributed by atoms with Gasteiger partial charge >= 0.3 is 5.97 Å². The van der Waals surface area contributed by atoms with Crippen molar-refractivity contribution in [2.24, 2.45) is 0 Å². The van der Waals surface area contributed by atoms with Crippen LogP contribution in [0.4, 0.5) is 5.82 Å². The first-order chi connectivity index (χ1) is 6.49. The molecule has 3 N–H and O–H groups in total. The van der Waals surface area contributed by atoms with Crippen molar-refractivity contribution in [1.82, 2.24) is 9.55 Å². The number of methoxy groups -OCH3 is 1. The van der Waals surface area contributed by atoms with Crippen LogP contribution in [0.3, 0.4) is 0 Å². The fourth-order valence-electron chi connectivity index (χ4n) is 1.26. The molecule has 0 amide bonds. The smallest absolute Gasteiger partial charge is 0.356 e. The molecule has 0 saturated carbocycles. The second kappa shape index (κ2) is 3.57. The molecule has 1 aromatic heterocycles. The summed E-state index contributed by atoms with van der Waals surface area (Å²) in [6.07, 6.45) is 0. The zero-order valence-electron chi connectivity index (χ0n) is 8.31. The quantitative estimate of drug-likeness (QED) is 0.749. The molecule has 14 heavy (non-hydrogen) atoms. The summed E-state index contributed by atoms with van der Waals surface area (Å²) in [7, 11) is 1.42. The third-order valence-corrected chi connectivity index (χ3v) is 1.81. The van der Waals surface area contributed by atoms with Crippen molar-refractivity contribution in [3.8, 4) is 6.01 Å². The van der Waals surface area contributed by atoms with E-state index >= 15 is 0 Å². The largest absolute Gasteiger partial charge is 0.476 e. The topological polar surface area (TPSA) is 90.4 Å². The minimum atomic E-state index is -1.10. The molecular weight excluding hydrogens is 186 g/mol. The van der Waals surface area contributed by atoms with Gasteiger partial charge < -0.3 is 15.6 Å². The number of hydrogen-bond donors (Lipinski definition) is 2. The van der Waals surface area contributed by atoms with E-state index in [-0.39, 0.29) is 23.6 Å². The average Bonchev–Trinajstić information content (AvgIpc) is 2.41. The van der Waals surface area contributed by atoms with E-state index in [0.717, 1.165) is 0 Å². The maximum Gasteiger partial charge on any atom is 0.356 e. The summed E-state index contributed by atoms with van der Waals surface area (Å²) in [5.74, 6) is -1.13. The van der Waals surface area contributed by atoms with Crippen molar-refractivity contribution in [3.63, 3.8) is 0 Å². The Kier molecular flexibility index (Phi) is 2.64. The molecule has 0 saturated heterocycles. The van der Waals surface area contributed by atoms with Crippen LogP contribution in [-0.2, 0) is 0 Å². The third kappa shape index (κ3) is 1.50. The van der Waals surface area contributed by atoms with Crippen molar-refractivity contribution in [2.45, 2.75) is 19.9 Å². The van der Waals surface area contributed by atoms with Gasteiger partial charge in [0.05, 0.1) is 7.11 Å². The Bertz CT molecular complexity index is 357. The number of carbonyl (C=O) groups is 1. The summed E-state index contributed by atoms with van der Waals surface area (Å²) in [6, 6.07) is 0.149. The summed E-state index contributed by atoms with van der Waals surface area (Å²) in [5.41, 5.74) is 5.43. The molecular formula is C8H13N3O3. The minimum absolute atomic E-state index is 0.0250. The van der Waals surface area contributed by atoms with Gasteiger partial charge in [0.15, 0.2) is 11.5 Å². The Hall–Kier alpha value is -1.72. The Morgan fingerprint density at radius 3 is 2.57 bits per heavy atom. The van der Waals surface area contributed by atoms with Crippen LogP contribution in [0, 0.1) is 0 Å². The van der Waals surface area contributed by atoms with Crippen LogP contribution in [-0.4, -0.2) is 27.7 Å². The zero-order chi connectivity index (χ0) is 10.9. The maximum atomic E-state index is 10.9. The monoisotopic (exact) mass is 199 g/mol. The first-order valence-corrected chi connectivity index (χ1v) is 4.14. The lowest BCUT2D eigenvalue weighted by Gasteiger charge is -2.11. The number of imidazole rings is 1. The van der Waals surface area contributed by atoms with Crippen LogP contribution >= 0.6 is 0 Å². The highest BCUT2D eigenvalue weighted by Crippen LogP contribution is 2.24. The Morgan fingerprint density at radius 2 is 2.21 bits per heavy atom. The number of nitrogen functional groups attached to an aromatic ring is 1. The predicted molar refractivity (Wildman–Crippen MR) is 50.5 cm³/mol. The van der Waals surface area contributed by atoms with Gasteiger partial charge in [-0.1, -0.05) is 0 Å². The summed E-state index contributed by atoms with van der Waals surface area (Å²) >= 11 is 0. The molecule has 1 heterocycles. The number of carboxylic acids is 1. The summed E-state index contributed by atoms with van der Waals surface area (Å²) in [5, 5.41) is 8.91. The molecule has 1 aromatic rings. The molecule has 0 unspecified atom stereocenters. The zero-order valence-corrected chi connectivity index (χ0v) is 8.31. The van der Waals surface area contributed by atoms with Crippen molar-refractivity contribution >= 4 is 11.8 Å². The van der Waals surface area contributed by atoms with E-state index in [2.05, 4.69) is 4.98 Å². The highest BCUT2D eigenvalue weighted by molar-refractivity contribution is 5.91. The van der Waals surface area contributed by atoms with Gasteiger partial charge in [0.25, 0.3) is 6.01 Å². The molecule has 0 atom stereocenters. The van der Waals surface area contributed by atoms with Gasteiger partial charge in [-0.25, -0.2) is 4.79 Å². The highest BCUT2D eigenvalue weighted by Gasteiger charge is 2.22. The summed E-state index contributed by atoms with van der Waals surface area (Å²) in [6.45, 7) is 3.66. The van der Waals surface area contributed by atoms with Gasteiger partial charge in [0.1, 0.15) is 0 Å². The molecule has 0 aliphatic heterocycles. The molecule has 0 aromatic carbocycles. The number of rotatable bonds is 3. The number of anilines is 1. The van der Waals surface area contributed by atoms with E-state index in [0.29, 0.717) is 0 Å². The van der Waals surface area contributed by atoms with Crippen molar-refractivity contribution in [2.75, 3.05) is 12.8 Å². The number of hydrogen-bond acceptors (Lipinski definition) is 4. The lowest BCUT2D eigenvalue weighted by Crippen LogP contribution is -2.13. The molecule has 6 nitrogen and oxygen atoms in total. The SMILES string of the molecule is COc1nc(N)c(C(=O)O)n1C(C)C. The standard InChI is InChI=1S/C8H13N3O3/c1-4(2)11-5(7(12)13)6(9)10-8(11)14-3/h4H,9H2,1-3H3,(H,12,13). The van der Waals surface area contributed by atoms with E-state index in [9.17, 15) is 4.79 Å². The fourth-order valence-corrected chi connectivity index (χ4v) is 1.26. The normalized spacial score (nSPS) is 10.6. The number of aromatic nitrogens is 2. The lowest BCUT2D eigenvalue weighted by atomic mass is 10.3. The second-order valence-corrected chi connectivity index (χ2v) is 3.10. The van der Waals surface area contributed by atoms with Crippen LogP contribution in [0.15, 0.2) is 0 Å². The van der Waals surface area contributed by atoms with Gasteiger partial charge in [-0.05, 0) is 13.8 Å². The third-order valence-electron chi connectivity index (χ3n) is 1.81. The first-order valence-electron chi connectivity index (χ1n) is 4.14. The Balaban J connectivity index is 3.38. The lowest BCUT2D eigenvalue weighted by molar-refractivity contribution is 0.0683. The molecule has 0 fully saturated rings. The predicted octanol–water partition coefficient (Wildman–Crippen LogP) is 0.753. The molecule has 0 radical (unpaired) electrons. The van der Waals surface area contributed by atoms with Gasteiger partial charge in [-0.15, -0.1) is 0 Å². The number of aromatic carboxylic acids is 1. The van der Waals surface area contributed by atoms with Gasteiger partial charge in [0.2, 0.25) is 0 Å².